The van der Waals surface area contributed by atoms with Crippen LogP contribution in [0.4, 0.5) is 0 Å². The second-order valence-corrected chi connectivity index (χ2v) is 8.64. The minimum Gasteiger partial charge on any atom is -0.310 e. The van der Waals surface area contributed by atoms with Gasteiger partial charge in [0.2, 0.25) is 0 Å². The molecule has 2 atom stereocenters. The van der Waals surface area contributed by atoms with Gasteiger partial charge in [-0.2, -0.15) is 0 Å². The molecule has 0 amide bonds. The maximum Gasteiger partial charge on any atom is 0.151 e. The number of hydrogen-bond donors (Lipinski definition) is 1. The van der Waals surface area contributed by atoms with Gasteiger partial charge in [-0.05, 0) is 42.5 Å². The molecule has 1 heterocycles. The molecule has 1 aliphatic rings. The molecule has 1 saturated heterocycles. The van der Waals surface area contributed by atoms with Crippen molar-refractivity contribution in [3.8, 4) is 0 Å². The van der Waals surface area contributed by atoms with Crippen molar-refractivity contribution in [2.45, 2.75) is 38.3 Å². The highest BCUT2D eigenvalue weighted by Gasteiger charge is 2.25. The van der Waals surface area contributed by atoms with Gasteiger partial charge < -0.3 is 5.32 Å². The minimum atomic E-state index is -2.84. The third-order valence-electron chi connectivity index (χ3n) is 4.34. The van der Waals surface area contributed by atoms with Gasteiger partial charge >= 0.3 is 0 Å². The summed E-state index contributed by atoms with van der Waals surface area (Å²) < 4.78 is 23.4. The summed E-state index contributed by atoms with van der Waals surface area (Å²) in [5.41, 5.74) is 1.29. The van der Waals surface area contributed by atoms with Crippen LogP contribution in [0.5, 0.6) is 0 Å². The smallest absolute Gasteiger partial charge is 0.151 e. The molecule has 0 aromatic heterocycles. The van der Waals surface area contributed by atoms with E-state index in [0.29, 0.717) is 5.75 Å². The Kier molecular flexibility index (Phi) is 4.50. The minimum absolute atomic E-state index is 0.106. The Morgan fingerprint density at radius 2 is 1.95 bits per heavy atom. The number of sulfone groups is 1. The van der Waals surface area contributed by atoms with E-state index in [1.54, 1.807) is 0 Å². The number of rotatable bonds is 4. The highest BCUT2D eigenvalue weighted by atomic mass is 32.2. The molecule has 0 saturated carbocycles. The van der Waals surface area contributed by atoms with Gasteiger partial charge in [-0.25, -0.2) is 8.42 Å². The summed E-state index contributed by atoms with van der Waals surface area (Å²) in [6.45, 7) is 2.14. The molecule has 2 aromatic carbocycles. The summed E-state index contributed by atoms with van der Waals surface area (Å²) in [7, 11) is -2.84. The second kappa shape index (κ2) is 6.39. The van der Waals surface area contributed by atoms with Gasteiger partial charge in [0.25, 0.3) is 0 Å². The molecular formula is C18H23NO2S. The maximum atomic E-state index is 11.7. The first kappa shape index (κ1) is 15.5. The predicted octanol–water partition coefficient (Wildman–Crippen LogP) is 2.94. The van der Waals surface area contributed by atoms with E-state index in [-0.39, 0.29) is 17.8 Å². The van der Waals surface area contributed by atoms with Crippen LogP contribution in [0.3, 0.4) is 0 Å². The molecule has 2 aromatic rings. The third-order valence-corrected chi connectivity index (χ3v) is 6.16. The zero-order chi connectivity index (χ0) is 15.6. The quantitative estimate of drug-likeness (QED) is 0.943. The lowest BCUT2D eigenvalue weighted by molar-refractivity contribution is 0.428. The van der Waals surface area contributed by atoms with Crippen LogP contribution < -0.4 is 5.32 Å². The van der Waals surface area contributed by atoms with Gasteiger partial charge in [0.05, 0.1) is 11.5 Å². The maximum absolute atomic E-state index is 11.7. The zero-order valence-electron chi connectivity index (χ0n) is 13.0. The zero-order valence-corrected chi connectivity index (χ0v) is 13.8. The Morgan fingerprint density at radius 3 is 2.73 bits per heavy atom. The molecule has 0 bridgehead atoms. The molecular weight excluding hydrogens is 294 g/mol. The van der Waals surface area contributed by atoms with E-state index >= 15 is 0 Å². The van der Waals surface area contributed by atoms with Crippen molar-refractivity contribution in [2.24, 2.45) is 0 Å². The average molecular weight is 317 g/mol. The van der Waals surface area contributed by atoms with Crippen molar-refractivity contribution in [3.63, 3.8) is 0 Å². The molecule has 0 spiro atoms. The van der Waals surface area contributed by atoms with Crippen LogP contribution >= 0.6 is 0 Å². The first-order valence-corrected chi connectivity index (χ1v) is 9.78. The van der Waals surface area contributed by atoms with Crippen LogP contribution in [-0.4, -0.2) is 32.0 Å². The first-order valence-electron chi connectivity index (χ1n) is 7.96. The van der Waals surface area contributed by atoms with E-state index in [1.165, 1.54) is 16.3 Å². The molecule has 3 rings (SSSR count). The van der Waals surface area contributed by atoms with Crippen LogP contribution in [0.15, 0.2) is 42.5 Å². The fraction of sp³-hybridized carbons (Fsp3) is 0.444. The number of fused-ring (bicyclic) bond motifs is 1. The lowest BCUT2D eigenvalue weighted by Crippen LogP contribution is -2.44. The second-order valence-electron chi connectivity index (χ2n) is 6.41. The first-order chi connectivity index (χ1) is 10.5. The molecule has 1 aliphatic heterocycles. The monoisotopic (exact) mass is 317 g/mol. The molecule has 4 heteroatoms. The standard InChI is InChI=1S/C18H23NO2S/c1-14(19-18-7-4-10-22(20,21)13-18)11-15-8-9-16-5-2-3-6-17(16)12-15/h2-3,5-6,8-9,12,14,18-19H,4,7,10-11,13H2,1H3/t14-,18-/m0/s1. The van der Waals surface area contributed by atoms with Crippen LogP contribution in [0, 0.1) is 0 Å². The largest absolute Gasteiger partial charge is 0.310 e. The van der Waals surface area contributed by atoms with E-state index in [4.69, 9.17) is 0 Å². The summed E-state index contributed by atoms with van der Waals surface area (Å²) in [6.07, 6.45) is 2.66. The fourth-order valence-electron chi connectivity index (χ4n) is 3.33. The average Bonchev–Trinajstić information content (AvgIpc) is 2.46. The summed E-state index contributed by atoms with van der Waals surface area (Å²) in [5.74, 6) is 0.638. The Morgan fingerprint density at radius 1 is 1.18 bits per heavy atom. The van der Waals surface area contributed by atoms with Gasteiger partial charge in [0, 0.05) is 12.1 Å². The number of nitrogens with one attached hydrogen (secondary N) is 1. The van der Waals surface area contributed by atoms with Crippen LogP contribution in [0.1, 0.15) is 25.3 Å². The van der Waals surface area contributed by atoms with E-state index in [1.807, 2.05) is 0 Å². The normalized spacial score (nSPS) is 22.5. The molecule has 0 aliphatic carbocycles. The van der Waals surface area contributed by atoms with E-state index < -0.39 is 9.84 Å². The number of benzene rings is 2. The lowest BCUT2D eigenvalue weighted by atomic mass is 10.0. The van der Waals surface area contributed by atoms with Crippen molar-refractivity contribution < 1.29 is 8.42 Å². The van der Waals surface area contributed by atoms with Gasteiger partial charge in [-0.3, -0.25) is 0 Å². The van der Waals surface area contributed by atoms with Gasteiger partial charge in [-0.15, -0.1) is 0 Å². The van der Waals surface area contributed by atoms with Crippen molar-refractivity contribution in [3.05, 3.63) is 48.0 Å². The summed E-state index contributed by atoms with van der Waals surface area (Å²) in [5, 5.41) is 6.00. The van der Waals surface area contributed by atoms with Gasteiger partial charge in [0.15, 0.2) is 9.84 Å². The Hall–Kier alpha value is -1.39. The summed E-state index contributed by atoms with van der Waals surface area (Å²) in [4.78, 5) is 0. The van der Waals surface area contributed by atoms with Crippen LogP contribution in [0.25, 0.3) is 10.8 Å². The van der Waals surface area contributed by atoms with Crippen molar-refractivity contribution >= 4 is 20.6 Å². The van der Waals surface area contributed by atoms with Gasteiger partial charge in [0.1, 0.15) is 0 Å². The molecule has 0 radical (unpaired) electrons. The highest BCUT2D eigenvalue weighted by molar-refractivity contribution is 7.91. The van der Waals surface area contributed by atoms with Crippen molar-refractivity contribution in [1.29, 1.82) is 0 Å². The fourth-order valence-corrected chi connectivity index (χ4v) is 4.98. The molecule has 118 valence electrons. The molecule has 3 nitrogen and oxygen atoms in total. The van der Waals surface area contributed by atoms with E-state index in [0.717, 1.165) is 19.3 Å². The highest BCUT2D eigenvalue weighted by Crippen LogP contribution is 2.18. The topological polar surface area (TPSA) is 46.2 Å². The van der Waals surface area contributed by atoms with E-state index in [9.17, 15) is 8.42 Å². The lowest BCUT2D eigenvalue weighted by Gasteiger charge is -2.26. The van der Waals surface area contributed by atoms with Gasteiger partial charge in [-0.1, -0.05) is 42.5 Å². The molecule has 0 unspecified atom stereocenters. The van der Waals surface area contributed by atoms with Crippen LogP contribution in [0.2, 0.25) is 0 Å². The Bertz CT molecular complexity index is 755. The molecule has 22 heavy (non-hydrogen) atoms. The SMILES string of the molecule is C[C@@H](Cc1ccc2ccccc2c1)N[C@H]1CCCS(=O)(=O)C1. The van der Waals surface area contributed by atoms with Crippen LogP contribution in [-0.2, 0) is 16.3 Å². The molecule has 1 fully saturated rings. The van der Waals surface area contributed by atoms with Crippen molar-refractivity contribution in [2.75, 3.05) is 11.5 Å². The predicted molar refractivity (Wildman–Crippen MR) is 91.9 cm³/mol. The third kappa shape index (κ3) is 3.87. The van der Waals surface area contributed by atoms with Crippen molar-refractivity contribution in [1.82, 2.24) is 5.32 Å². The summed E-state index contributed by atoms with van der Waals surface area (Å²) >= 11 is 0. The van der Waals surface area contributed by atoms with E-state index in [2.05, 4.69) is 54.7 Å². The Labute approximate surface area is 132 Å². The molecule has 1 N–H and O–H groups in total. The Balaban J connectivity index is 1.64. The number of hydrogen-bond acceptors (Lipinski definition) is 3. The summed E-state index contributed by atoms with van der Waals surface area (Å²) in [6, 6.07) is 15.3.